The highest BCUT2D eigenvalue weighted by Gasteiger charge is 2.13. The maximum Gasteiger partial charge on any atom is 0.339 e. The molecule has 4 nitrogen and oxygen atoms in total. The summed E-state index contributed by atoms with van der Waals surface area (Å²) in [6.07, 6.45) is 0. The number of nitrogens with zero attached hydrogens (tertiary/aromatic N) is 1. The molecule has 4 heteroatoms. The van der Waals surface area contributed by atoms with Crippen LogP contribution in [0.5, 0.6) is 5.75 Å². The number of carbonyl (C=O) groups is 1. The molecule has 0 bridgehead atoms. The molecule has 0 atom stereocenters. The zero-order valence-corrected chi connectivity index (χ0v) is 10.6. The lowest BCUT2D eigenvalue weighted by Crippen LogP contribution is -2.04. The van der Waals surface area contributed by atoms with E-state index in [1.807, 2.05) is 36.6 Å². The summed E-state index contributed by atoms with van der Waals surface area (Å²) in [5.74, 6) is -0.620. The number of rotatable bonds is 3. The topological polar surface area (TPSA) is 51.5 Å². The van der Waals surface area contributed by atoms with Gasteiger partial charge in [-0.25, -0.2) is 4.79 Å². The Bertz CT molecular complexity index is 580. The minimum Gasteiger partial charge on any atom is -0.496 e. The van der Waals surface area contributed by atoms with Gasteiger partial charge in [-0.3, -0.25) is 0 Å². The molecule has 0 radical (unpaired) electrons. The first-order chi connectivity index (χ1) is 8.54. The molecule has 1 aromatic heterocycles. The Kier molecular flexibility index (Phi) is 3.10. The van der Waals surface area contributed by atoms with Crippen LogP contribution in [-0.4, -0.2) is 22.8 Å². The average molecular weight is 245 g/mol. The minimum absolute atomic E-state index is 0.169. The van der Waals surface area contributed by atoms with Gasteiger partial charge >= 0.3 is 5.97 Å². The van der Waals surface area contributed by atoms with E-state index in [1.165, 1.54) is 7.11 Å². The van der Waals surface area contributed by atoms with Gasteiger partial charge in [0.25, 0.3) is 0 Å². The zero-order chi connectivity index (χ0) is 13.3. The lowest BCUT2D eigenvalue weighted by molar-refractivity contribution is 0.0693. The van der Waals surface area contributed by atoms with E-state index in [0.29, 0.717) is 5.75 Å². The fourth-order valence-electron chi connectivity index (χ4n) is 2.08. The van der Waals surface area contributed by atoms with Crippen LogP contribution in [0.15, 0.2) is 30.3 Å². The van der Waals surface area contributed by atoms with Crippen molar-refractivity contribution < 1.29 is 14.6 Å². The number of hydrogen-bond donors (Lipinski definition) is 1. The monoisotopic (exact) mass is 245 g/mol. The molecular formula is C14H15NO3. The Morgan fingerprint density at radius 2 is 1.78 bits per heavy atom. The molecule has 0 aliphatic heterocycles. The summed E-state index contributed by atoms with van der Waals surface area (Å²) in [5, 5.41) is 9.17. The van der Waals surface area contributed by atoms with Crippen molar-refractivity contribution in [3.05, 3.63) is 47.3 Å². The first kappa shape index (κ1) is 12.2. The van der Waals surface area contributed by atoms with Crippen molar-refractivity contribution >= 4 is 5.97 Å². The Hall–Kier alpha value is -2.23. The van der Waals surface area contributed by atoms with Crippen molar-refractivity contribution in [1.29, 1.82) is 0 Å². The number of methoxy groups -OCH3 is 1. The fraction of sp³-hybridized carbons (Fsp3) is 0.214. The molecule has 94 valence electrons. The Balaban J connectivity index is 2.61. The van der Waals surface area contributed by atoms with E-state index >= 15 is 0 Å². The Morgan fingerprint density at radius 3 is 2.28 bits per heavy atom. The SMILES string of the molecule is COc1ccc(-n2c(C)ccc2C)cc1C(=O)O. The lowest BCUT2D eigenvalue weighted by Gasteiger charge is -2.12. The molecule has 1 N–H and O–H groups in total. The van der Waals surface area contributed by atoms with E-state index in [-0.39, 0.29) is 5.56 Å². The summed E-state index contributed by atoms with van der Waals surface area (Å²) in [6, 6.07) is 9.16. The third-order valence-corrected chi connectivity index (χ3v) is 2.94. The zero-order valence-electron chi connectivity index (χ0n) is 10.6. The van der Waals surface area contributed by atoms with E-state index in [4.69, 9.17) is 9.84 Å². The molecule has 0 saturated carbocycles. The predicted octanol–water partition coefficient (Wildman–Crippen LogP) is 2.80. The molecule has 0 fully saturated rings. The molecule has 0 aliphatic carbocycles. The van der Waals surface area contributed by atoms with Gasteiger partial charge in [0.1, 0.15) is 11.3 Å². The second kappa shape index (κ2) is 4.56. The minimum atomic E-state index is -0.990. The summed E-state index contributed by atoms with van der Waals surface area (Å²) in [7, 11) is 1.47. The van der Waals surface area contributed by atoms with Gasteiger partial charge in [0.2, 0.25) is 0 Å². The second-order valence-electron chi connectivity index (χ2n) is 4.14. The third-order valence-electron chi connectivity index (χ3n) is 2.94. The van der Waals surface area contributed by atoms with Crippen LogP contribution in [0.4, 0.5) is 0 Å². The number of benzene rings is 1. The standard InChI is InChI=1S/C14H15NO3/c1-9-4-5-10(2)15(9)11-6-7-13(18-3)12(8-11)14(16)17/h4-8H,1-3H3,(H,16,17). The maximum atomic E-state index is 11.2. The summed E-state index contributed by atoms with van der Waals surface area (Å²) in [5.41, 5.74) is 3.12. The number of carboxylic acids is 1. The maximum absolute atomic E-state index is 11.2. The Morgan fingerprint density at radius 1 is 1.17 bits per heavy atom. The number of hydrogen-bond acceptors (Lipinski definition) is 2. The number of ether oxygens (including phenoxy) is 1. The largest absolute Gasteiger partial charge is 0.496 e. The highest BCUT2D eigenvalue weighted by Crippen LogP contribution is 2.24. The van der Waals surface area contributed by atoms with E-state index in [9.17, 15) is 4.79 Å². The van der Waals surface area contributed by atoms with Crippen molar-refractivity contribution in [2.75, 3.05) is 7.11 Å². The lowest BCUT2D eigenvalue weighted by atomic mass is 10.1. The third kappa shape index (κ3) is 1.97. The van der Waals surface area contributed by atoms with Gasteiger partial charge in [-0.15, -0.1) is 0 Å². The fourth-order valence-corrected chi connectivity index (χ4v) is 2.08. The van der Waals surface area contributed by atoms with Gasteiger partial charge in [0, 0.05) is 17.1 Å². The summed E-state index contributed by atoms with van der Waals surface area (Å²) >= 11 is 0. The van der Waals surface area contributed by atoms with E-state index in [2.05, 4.69) is 0 Å². The van der Waals surface area contributed by atoms with Gasteiger partial charge in [0.15, 0.2) is 0 Å². The van der Waals surface area contributed by atoms with Crippen molar-refractivity contribution in [1.82, 2.24) is 4.57 Å². The first-order valence-electron chi connectivity index (χ1n) is 5.61. The average Bonchev–Trinajstić information content (AvgIpc) is 2.68. The highest BCUT2D eigenvalue weighted by molar-refractivity contribution is 5.91. The molecule has 0 unspecified atom stereocenters. The highest BCUT2D eigenvalue weighted by atomic mass is 16.5. The molecule has 0 saturated heterocycles. The molecule has 0 amide bonds. The van der Waals surface area contributed by atoms with Gasteiger partial charge < -0.3 is 14.4 Å². The van der Waals surface area contributed by atoms with Crippen LogP contribution < -0.4 is 4.74 Å². The van der Waals surface area contributed by atoms with Crippen LogP contribution in [0.25, 0.3) is 5.69 Å². The molecule has 1 aromatic carbocycles. The first-order valence-corrected chi connectivity index (χ1v) is 5.61. The number of aromatic nitrogens is 1. The van der Waals surface area contributed by atoms with E-state index in [1.54, 1.807) is 12.1 Å². The van der Waals surface area contributed by atoms with Crippen LogP contribution in [-0.2, 0) is 0 Å². The predicted molar refractivity (Wildman–Crippen MR) is 68.8 cm³/mol. The number of aryl methyl sites for hydroxylation is 2. The van der Waals surface area contributed by atoms with E-state index < -0.39 is 5.97 Å². The van der Waals surface area contributed by atoms with Crippen molar-refractivity contribution in [3.8, 4) is 11.4 Å². The molecule has 1 heterocycles. The molecule has 2 aromatic rings. The number of aromatic carboxylic acids is 1. The number of carboxylic acid groups (broad SMARTS) is 1. The normalized spacial score (nSPS) is 10.4. The van der Waals surface area contributed by atoms with Gasteiger partial charge in [-0.2, -0.15) is 0 Å². The molecule has 2 rings (SSSR count). The molecule has 0 spiro atoms. The van der Waals surface area contributed by atoms with Crippen LogP contribution in [0, 0.1) is 13.8 Å². The smallest absolute Gasteiger partial charge is 0.339 e. The summed E-state index contributed by atoms with van der Waals surface area (Å²) < 4.78 is 7.06. The van der Waals surface area contributed by atoms with Crippen molar-refractivity contribution in [2.24, 2.45) is 0 Å². The van der Waals surface area contributed by atoms with Gasteiger partial charge in [-0.1, -0.05) is 0 Å². The van der Waals surface area contributed by atoms with Crippen LogP contribution in [0.1, 0.15) is 21.7 Å². The van der Waals surface area contributed by atoms with Crippen molar-refractivity contribution in [2.45, 2.75) is 13.8 Å². The second-order valence-corrected chi connectivity index (χ2v) is 4.14. The summed E-state index contributed by atoms with van der Waals surface area (Å²) in [6.45, 7) is 3.97. The molecule has 0 aliphatic rings. The van der Waals surface area contributed by atoms with E-state index in [0.717, 1.165) is 17.1 Å². The molecule has 18 heavy (non-hydrogen) atoms. The quantitative estimate of drug-likeness (QED) is 0.904. The molecular weight excluding hydrogens is 230 g/mol. The van der Waals surface area contributed by atoms with Crippen LogP contribution in [0.2, 0.25) is 0 Å². The van der Waals surface area contributed by atoms with Crippen LogP contribution >= 0.6 is 0 Å². The Labute approximate surface area is 105 Å². The summed E-state index contributed by atoms with van der Waals surface area (Å²) in [4.78, 5) is 11.2. The van der Waals surface area contributed by atoms with Gasteiger partial charge in [-0.05, 0) is 44.2 Å². The van der Waals surface area contributed by atoms with Gasteiger partial charge in [0.05, 0.1) is 7.11 Å². The van der Waals surface area contributed by atoms with Crippen molar-refractivity contribution in [3.63, 3.8) is 0 Å². The van der Waals surface area contributed by atoms with Crippen LogP contribution in [0.3, 0.4) is 0 Å².